The summed E-state index contributed by atoms with van der Waals surface area (Å²) in [6.07, 6.45) is 0.698. The van der Waals surface area contributed by atoms with Gasteiger partial charge in [-0.05, 0) is 52.7 Å². The van der Waals surface area contributed by atoms with Gasteiger partial charge in [-0.15, -0.1) is 0 Å². The molecule has 122 valence electrons. The molecule has 0 saturated carbocycles. The Morgan fingerprint density at radius 1 is 1.09 bits per heavy atom. The highest BCUT2D eigenvalue weighted by molar-refractivity contribution is 5.79. The highest BCUT2D eigenvalue weighted by Crippen LogP contribution is 2.26. The summed E-state index contributed by atoms with van der Waals surface area (Å²) in [7, 11) is 0. The van der Waals surface area contributed by atoms with Gasteiger partial charge in [-0.3, -0.25) is 4.79 Å². The number of carbonyl (C=O) groups excluding carboxylic acids is 2. The number of rotatable bonds is 6. The minimum atomic E-state index is -1.13. The number of aryl methyl sites for hydroxylation is 1. The molecule has 0 spiro atoms. The Labute approximate surface area is 131 Å². The molecule has 1 aromatic rings. The molecule has 0 fully saturated rings. The summed E-state index contributed by atoms with van der Waals surface area (Å²) in [4.78, 5) is 23.2. The lowest BCUT2D eigenvalue weighted by atomic mass is 10.1. The lowest BCUT2D eigenvalue weighted by molar-refractivity contribution is -0.171. The van der Waals surface area contributed by atoms with Gasteiger partial charge in [-0.1, -0.05) is 18.2 Å². The third-order valence-electron chi connectivity index (χ3n) is 2.87. The van der Waals surface area contributed by atoms with E-state index >= 15 is 0 Å². The van der Waals surface area contributed by atoms with Crippen LogP contribution in [0.5, 0.6) is 5.75 Å². The van der Waals surface area contributed by atoms with E-state index in [0.29, 0.717) is 12.2 Å². The van der Waals surface area contributed by atoms with Crippen LogP contribution in [-0.2, 0) is 20.7 Å². The number of hydrogen-bond acceptors (Lipinski definition) is 4. The fraction of sp³-hybridized carbons (Fsp3) is 0.529. The summed E-state index contributed by atoms with van der Waals surface area (Å²) in [5.41, 5.74) is 4.30. The molecule has 2 N–H and O–H groups in total. The first-order chi connectivity index (χ1) is 10.0. The van der Waals surface area contributed by atoms with Crippen LogP contribution in [-0.4, -0.2) is 23.1 Å². The highest BCUT2D eigenvalue weighted by Gasteiger charge is 2.35. The van der Waals surface area contributed by atoms with Crippen molar-refractivity contribution in [2.24, 2.45) is 5.73 Å². The van der Waals surface area contributed by atoms with Crippen molar-refractivity contribution in [3.05, 3.63) is 29.8 Å². The Balaban J connectivity index is 2.88. The monoisotopic (exact) mass is 307 g/mol. The standard InChI is InChI=1S/C17H25NO4/c1-16(2,3)22-15(20)17(4,5)21-13-9-7-6-8-12(13)10-11-14(18)19/h6-9H,10-11H2,1-5H3,(H2,18,19). The van der Waals surface area contributed by atoms with E-state index in [0.717, 1.165) is 5.56 Å². The molecule has 1 amide bonds. The molecular weight excluding hydrogens is 282 g/mol. The smallest absolute Gasteiger partial charge is 0.350 e. The van der Waals surface area contributed by atoms with Crippen LogP contribution in [0.3, 0.4) is 0 Å². The van der Waals surface area contributed by atoms with Crippen LogP contribution >= 0.6 is 0 Å². The number of nitrogens with two attached hydrogens (primary N) is 1. The van der Waals surface area contributed by atoms with Gasteiger partial charge in [-0.2, -0.15) is 0 Å². The second kappa shape index (κ2) is 6.81. The molecule has 0 bridgehead atoms. The number of ether oxygens (including phenoxy) is 2. The average Bonchev–Trinajstić information content (AvgIpc) is 2.35. The molecule has 1 aromatic carbocycles. The number of hydrogen-bond donors (Lipinski definition) is 1. The van der Waals surface area contributed by atoms with Gasteiger partial charge in [-0.25, -0.2) is 4.79 Å². The van der Waals surface area contributed by atoms with Crippen LogP contribution in [0.25, 0.3) is 0 Å². The topological polar surface area (TPSA) is 78.6 Å². The van der Waals surface area contributed by atoms with Crippen LogP contribution in [0.4, 0.5) is 0 Å². The van der Waals surface area contributed by atoms with Gasteiger partial charge < -0.3 is 15.2 Å². The first-order valence-electron chi connectivity index (χ1n) is 7.30. The SMILES string of the molecule is CC(C)(C)OC(=O)C(C)(C)Oc1ccccc1CCC(N)=O. The van der Waals surface area contributed by atoms with Gasteiger partial charge in [0, 0.05) is 6.42 Å². The van der Waals surface area contributed by atoms with Gasteiger partial charge in [0.1, 0.15) is 11.4 Å². The van der Waals surface area contributed by atoms with Crippen LogP contribution in [0.1, 0.15) is 46.6 Å². The minimum absolute atomic E-state index is 0.229. The van der Waals surface area contributed by atoms with E-state index in [2.05, 4.69) is 0 Å². The van der Waals surface area contributed by atoms with Crippen LogP contribution in [0.2, 0.25) is 0 Å². The van der Waals surface area contributed by atoms with Gasteiger partial charge >= 0.3 is 5.97 Å². The van der Waals surface area contributed by atoms with Crippen molar-refractivity contribution in [1.82, 2.24) is 0 Å². The van der Waals surface area contributed by atoms with E-state index in [1.54, 1.807) is 19.9 Å². The first-order valence-corrected chi connectivity index (χ1v) is 7.30. The second-order valence-electron chi connectivity index (χ2n) is 6.69. The zero-order valence-corrected chi connectivity index (χ0v) is 13.9. The Hall–Kier alpha value is -2.04. The number of amides is 1. The number of primary amides is 1. The fourth-order valence-corrected chi connectivity index (χ4v) is 1.79. The molecular formula is C17H25NO4. The molecule has 22 heavy (non-hydrogen) atoms. The Kier molecular flexibility index (Phi) is 5.58. The molecule has 0 aliphatic rings. The summed E-state index contributed by atoms with van der Waals surface area (Å²) in [5.74, 6) is -0.259. The summed E-state index contributed by atoms with van der Waals surface area (Å²) in [6, 6.07) is 7.28. The van der Waals surface area contributed by atoms with Crippen molar-refractivity contribution in [1.29, 1.82) is 0 Å². The van der Waals surface area contributed by atoms with E-state index in [4.69, 9.17) is 15.2 Å². The van der Waals surface area contributed by atoms with Crippen molar-refractivity contribution >= 4 is 11.9 Å². The minimum Gasteiger partial charge on any atom is -0.476 e. The molecule has 0 aromatic heterocycles. The Morgan fingerprint density at radius 3 is 2.23 bits per heavy atom. The van der Waals surface area contributed by atoms with Crippen LogP contribution < -0.4 is 10.5 Å². The number of benzene rings is 1. The Morgan fingerprint density at radius 2 is 1.68 bits per heavy atom. The third kappa shape index (κ3) is 5.76. The van der Waals surface area contributed by atoms with Crippen molar-refractivity contribution < 1.29 is 19.1 Å². The van der Waals surface area contributed by atoms with Gasteiger partial charge in [0.25, 0.3) is 0 Å². The van der Waals surface area contributed by atoms with Gasteiger partial charge in [0.05, 0.1) is 0 Å². The number of carbonyl (C=O) groups is 2. The maximum Gasteiger partial charge on any atom is 0.350 e. The second-order valence-corrected chi connectivity index (χ2v) is 6.69. The van der Waals surface area contributed by atoms with Crippen LogP contribution in [0.15, 0.2) is 24.3 Å². The molecule has 0 saturated heterocycles. The van der Waals surface area contributed by atoms with E-state index in [1.807, 2.05) is 39.0 Å². The fourth-order valence-electron chi connectivity index (χ4n) is 1.79. The Bertz CT molecular complexity index is 544. The van der Waals surface area contributed by atoms with E-state index in [9.17, 15) is 9.59 Å². The van der Waals surface area contributed by atoms with E-state index in [-0.39, 0.29) is 12.3 Å². The maximum absolute atomic E-state index is 12.2. The van der Waals surface area contributed by atoms with Crippen LogP contribution in [0, 0.1) is 0 Å². The highest BCUT2D eigenvalue weighted by atomic mass is 16.6. The predicted molar refractivity (Wildman–Crippen MR) is 84.5 cm³/mol. The summed E-state index contributed by atoms with van der Waals surface area (Å²) in [5, 5.41) is 0. The predicted octanol–water partition coefficient (Wildman–Crippen LogP) is 2.60. The number of para-hydroxylation sites is 1. The largest absolute Gasteiger partial charge is 0.476 e. The molecule has 0 unspecified atom stereocenters. The van der Waals surface area contributed by atoms with Crippen molar-refractivity contribution in [3.8, 4) is 5.75 Å². The van der Waals surface area contributed by atoms with Crippen molar-refractivity contribution in [2.75, 3.05) is 0 Å². The quantitative estimate of drug-likeness (QED) is 0.819. The summed E-state index contributed by atoms with van der Waals surface area (Å²) >= 11 is 0. The molecule has 0 aliphatic heterocycles. The molecule has 5 heteroatoms. The maximum atomic E-state index is 12.2. The lowest BCUT2D eigenvalue weighted by Crippen LogP contribution is -2.43. The lowest BCUT2D eigenvalue weighted by Gasteiger charge is -2.29. The summed E-state index contributed by atoms with van der Waals surface area (Å²) in [6.45, 7) is 8.74. The molecule has 5 nitrogen and oxygen atoms in total. The number of esters is 1. The zero-order chi connectivity index (χ0) is 17.0. The van der Waals surface area contributed by atoms with Crippen molar-refractivity contribution in [2.45, 2.75) is 58.7 Å². The molecule has 0 heterocycles. The first kappa shape index (κ1) is 18.0. The van der Waals surface area contributed by atoms with E-state index in [1.165, 1.54) is 0 Å². The third-order valence-corrected chi connectivity index (χ3v) is 2.87. The molecule has 0 aliphatic carbocycles. The van der Waals surface area contributed by atoms with Gasteiger partial charge in [0.15, 0.2) is 5.60 Å². The molecule has 0 radical (unpaired) electrons. The molecule has 0 atom stereocenters. The zero-order valence-electron chi connectivity index (χ0n) is 13.9. The summed E-state index contributed by atoms with van der Waals surface area (Å²) < 4.78 is 11.2. The molecule has 1 rings (SSSR count). The van der Waals surface area contributed by atoms with E-state index < -0.39 is 17.2 Å². The normalized spacial score (nSPS) is 11.9. The average molecular weight is 307 g/mol. The van der Waals surface area contributed by atoms with Gasteiger partial charge in [0.2, 0.25) is 5.91 Å². The van der Waals surface area contributed by atoms with Crippen molar-refractivity contribution in [3.63, 3.8) is 0 Å².